The Morgan fingerprint density at radius 3 is 2.46 bits per heavy atom. The van der Waals surface area contributed by atoms with Crippen LogP contribution in [-0.2, 0) is 24.2 Å². The molecule has 0 aliphatic carbocycles. The minimum Gasteiger partial charge on any atom is -0.508 e. The standard InChI is InChI=1S/C20H19NO5/c1-2-17-16(10-19(23)24)15-7-6-13(20(25)26)9-18(15)21(17)11-12-4-3-5-14(22)8-12/h3-9,22H,2,10-11H2,1H3,(H,23,24)(H,25,26). The number of aromatic carboxylic acids is 1. The predicted molar refractivity (Wildman–Crippen MR) is 96.8 cm³/mol. The summed E-state index contributed by atoms with van der Waals surface area (Å²) >= 11 is 0. The molecule has 0 unspecified atom stereocenters. The van der Waals surface area contributed by atoms with Crippen molar-refractivity contribution in [3.63, 3.8) is 0 Å². The van der Waals surface area contributed by atoms with Gasteiger partial charge in [0.2, 0.25) is 0 Å². The molecule has 1 aromatic heterocycles. The maximum Gasteiger partial charge on any atom is 0.335 e. The number of carbonyl (C=O) groups is 2. The van der Waals surface area contributed by atoms with Gasteiger partial charge in [-0.3, -0.25) is 4.79 Å². The fraction of sp³-hybridized carbons (Fsp3) is 0.200. The molecule has 3 rings (SSSR count). The molecule has 0 bridgehead atoms. The van der Waals surface area contributed by atoms with Crippen LogP contribution in [0.15, 0.2) is 42.5 Å². The summed E-state index contributed by atoms with van der Waals surface area (Å²) in [4.78, 5) is 22.7. The molecule has 0 saturated carbocycles. The van der Waals surface area contributed by atoms with E-state index in [9.17, 15) is 24.9 Å². The molecular formula is C20H19NO5. The number of hydrogen-bond acceptors (Lipinski definition) is 3. The summed E-state index contributed by atoms with van der Waals surface area (Å²) in [6.45, 7) is 2.35. The number of phenols is 1. The van der Waals surface area contributed by atoms with Gasteiger partial charge in [0.1, 0.15) is 5.75 Å². The van der Waals surface area contributed by atoms with E-state index < -0.39 is 11.9 Å². The minimum absolute atomic E-state index is 0.126. The molecule has 3 N–H and O–H groups in total. The van der Waals surface area contributed by atoms with Crippen LogP contribution in [0.1, 0.15) is 34.1 Å². The van der Waals surface area contributed by atoms with E-state index >= 15 is 0 Å². The van der Waals surface area contributed by atoms with Crippen molar-refractivity contribution in [2.45, 2.75) is 26.3 Å². The number of hydrogen-bond donors (Lipinski definition) is 3. The lowest BCUT2D eigenvalue weighted by atomic mass is 10.0. The SMILES string of the molecule is CCc1c(CC(=O)O)c2ccc(C(=O)O)cc2n1Cc1cccc(O)c1. The average molecular weight is 353 g/mol. The van der Waals surface area contributed by atoms with Crippen molar-refractivity contribution in [2.24, 2.45) is 0 Å². The van der Waals surface area contributed by atoms with E-state index in [1.54, 1.807) is 30.3 Å². The topological polar surface area (TPSA) is 99.8 Å². The number of nitrogens with zero attached hydrogens (tertiary/aromatic N) is 1. The zero-order chi connectivity index (χ0) is 18.8. The van der Waals surface area contributed by atoms with Gasteiger partial charge in [0.25, 0.3) is 0 Å². The highest BCUT2D eigenvalue weighted by molar-refractivity contribution is 5.96. The highest BCUT2D eigenvalue weighted by atomic mass is 16.4. The Morgan fingerprint density at radius 1 is 1.08 bits per heavy atom. The fourth-order valence-corrected chi connectivity index (χ4v) is 3.38. The maximum absolute atomic E-state index is 11.4. The van der Waals surface area contributed by atoms with Crippen LogP contribution >= 0.6 is 0 Å². The number of benzene rings is 2. The zero-order valence-corrected chi connectivity index (χ0v) is 14.3. The lowest BCUT2D eigenvalue weighted by Gasteiger charge is -2.11. The molecule has 0 amide bonds. The van der Waals surface area contributed by atoms with Crippen molar-refractivity contribution in [3.8, 4) is 5.75 Å². The predicted octanol–water partition coefficient (Wildman–Crippen LogP) is 3.28. The Balaban J connectivity index is 2.24. The van der Waals surface area contributed by atoms with E-state index in [0.717, 1.165) is 16.6 Å². The van der Waals surface area contributed by atoms with Crippen LogP contribution in [0, 0.1) is 0 Å². The quantitative estimate of drug-likeness (QED) is 0.631. The third-order valence-corrected chi connectivity index (χ3v) is 4.45. The van der Waals surface area contributed by atoms with E-state index in [0.29, 0.717) is 24.0 Å². The minimum atomic E-state index is -1.03. The summed E-state index contributed by atoms with van der Waals surface area (Å²) in [5, 5.41) is 29.0. The summed E-state index contributed by atoms with van der Waals surface area (Å²) in [5.41, 5.74) is 3.23. The first-order chi connectivity index (χ1) is 12.4. The Bertz CT molecular complexity index is 1000. The third-order valence-electron chi connectivity index (χ3n) is 4.45. The van der Waals surface area contributed by atoms with Crippen molar-refractivity contribution in [2.75, 3.05) is 0 Å². The Hall–Kier alpha value is -3.28. The van der Waals surface area contributed by atoms with Gasteiger partial charge in [0.05, 0.1) is 12.0 Å². The maximum atomic E-state index is 11.4. The third kappa shape index (κ3) is 3.26. The second kappa shape index (κ2) is 6.92. The number of fused-ring (bicyclic) bond motifs is 1. The number of carboxylic acid groups (broad SMARTS) is 2. The van der Waals surface area contributed by atoms with Gasteiger partial charge in [-0.2, -0.15) is 0 Å². The van der Waals surface area contributed by atoms with Crippen molar-refractivity contribution < 1.29 is 24.9 Å². The summed E-state index contributed by atoms with van der Waals surface area (Å²) < 4.78 is 1.94. The molecule has 0 aliphatic rings. The first kappa shape index (κ1) is 17.5. The molecular weight excluding hydrogens is 334 g/mol. The van der Waals surface area contributed by atoms with Gasteiger partial charge in [-0.1, -0.05) is 25.1 Å². The van der Waals surface area contributed by atoms with Crippen molar-refractivity contribution >= 4 is 22.8 Å². The Kier molecular flexibility index (Phi) is 4.67. The van der Waals surface area contributed by atoms with Gasteiger partial charge < -0.3 is 19.9 Å². The second-order valence-corrected chi connectivity index (χ2v) is 6.14. The zero-order valence-electron chi connectivity index (χ0n) is 14.3. The average Bonchev–Trinajstić information content (AvgIpc) is 2.86. The molecule has 0 atom stereocenters. The monoisotopic (exact) mass is 353 g/mol. The number of rotatable bonds is 6. The van der Waals surface area contributed by atoms with Gasteiger partial charge in [-0.15, -0.1) is 0 Å². The van der Waals surface area contributed by atoms with Crippen LogP contribution in [0.5, 0.6) is 5.75 Å². The van der Waals surface area contributed by atoms with Crippen LogP contribution in [-0.4, -0.2) is 31.8 Å². The number of aliphatic carboxylic acids is 1. The summed E-state index contributed by atoms with van der Waals surface area (Å²) in [6.07, 6.45) is 0.484. The molecule has 3 aromatic rings. The second-order valence-electron chi connectivity index (χ2n) is 6.14. The van der Waals surface area contributed by atoms with Gasteiger partial charge in [0, 0.05) is 23.1 Å². The highest BCUT2D eigenvalue weighted by Gasteiger charge is 2.19. The summed E-state index contributed by atoms with van der Waals surface area (Å²) in [5.74, 6) is -1.82. The van der Waals surface area contributed by atoms with Crippen LogP contribution in [0.4, 0.5) is 0 Å². The molecule has 0 spiro atoms. The highest BCUT2D eigenvalue weighted by Crippen LogP contribution is 2.30. The van der Waals surface area contributed by atoms with Crippen molar-refractivity contribution in [1.29, 1.82) is 0 Å². The lowest BCUT2D eigenvalue weighted by molar-refractivity contribution is -0.136. The number of aromatic hydroxyl groups is 1. The number of phenolic OH excluding ortho intramolecular Hbond substituents is 1. The van der Waals surface area contributed by atoms with Crippen LogP contribution in [0.25, 0.3) is 10.9 Å². The van der Waals surface area contributed by atoms with Crippen LogP contribution < -0.4 is 0 Å². The molecule has 0 radical (unpaired) electrons. The molecule has 0 saturated heterocycles. The smallest absolute Gasteiger partial charge is 0.335 e. The Labute approximate surface area is 149 Å². The molecule has 2 aromatic carbocycles. The first-order valence-electron chi connectivity index (χ1n) is 8.27. The summed E-state index contributed by atoms with van der Waals surface area (Å²) in [6, 6.07) is 11.6. The Morgan fingerprint density at radius 2 is 1.85 bits per heavy atom. The number of carboxylic acids is 2. The normalized spacial score (nSPS) is 11.0. The van der Waals surface area contributed by atoms with E-state index in [4.69, 9.17) is 0 Å². The molecule has 6 heteroatoms. The van der Waals surface area contributed by atoms with Crippen LogP contribution in [0.3, 0.4) is 0 Å². The molecule has 0 fully saturated rings. The molecule has 6 nitrogen and oxygen atoms in total. The van der Waals surface area contributed by atoms with Gasteiger partial charge >= 0.3 is 11.9 Å². The first-order valence-corrected chi connectivity index (χ1v) is 8.27. The summed E-state index contributed by atoms with van der Waals surface area (Å²) in [7, 11) is 0. The largest absolute Gasteiger partial charge is 0.508 e. The van der Waals surface area contributed by atoms with E-state index in [-0.39, 0.29) is 17.7 Å². The van der Waals surface area contributed by atoms with Gasteiger partial charge in [0.15, 0.2) is 0 Å². The molecule has 0 aliphatic heterocycles. The van der Waals surface area contributed by atoms with Gasteiger partial charge in [-0.05, 0) is 41.8 Å². The molecule has 26 heavy (non-hydrogen) atoms. The molecule has 134 valence electrons. The van der Waals surface area contributed by atoms with Crippen LogP contribution in [0.2, 0.25) is 0 Å². The fourth-order valence-electron chi connectivity index (χ4n) is 3.38. The van der Waals surface area contributed by atoms with E-state index in [1.807, 2.05) is 17.6 Å². The van der Waals surface area contributed by atoms with Crippen molar-refractivity contribution in [1.82, 2.24) is 4.57 Å². The van der Waals surface area contributed by atoms with E-state index in [1.165, 1.54) is 6.07 Å². The van der Waals surface area contributed by atoms with E-state index in [2.05, 4.69) is 0 Å². The molecule has 1 heterocycles. The lowest BCUT2D eigenvalue weighted by Crippen LogP contribution is -2.07. The number of aromatic nitrogens is 1. The van der Waals surface area contributed by atoms with Crippen molar-refractivity contribution in [3.05, 3.63) is 64.8 Å². The van der Waals surface area contributed by atoms with Gasteiger partial charge in [-0.25, -0.2) is 4.79 Å².